The van der Waals surface area contributed by atoms with Crippen LogP contribution in [0.25, 0.3) is 4.96 Å². The summed E-state index contributed by atoms with van der Waals surface area (Å²) in [6.07, 6.45) is 5.90. The molecule has 3 aromatic rings. The number of nitrogens with zero attached hydrogens (tertiary/aromatic N) is 4. The molecule has 6 nitrogen and oxygen atoms in total. The van der Waals surface area contributed by atoms with Gasteiger partial charge in [-0.15, -0.1) is 11.3 Å². The van der Waals surface area contributed by atoms with Crippen LogP contribution in [-0.4, -0.2) is 38.5 Å². The maximum atomic E-state index is 12.1. The quantitative estimate of drug-likeness (QED) is 0.702. The molecule has 1 unspecified atom stereocenters. The Balaban J connectivity index is 1.38. The van der Waals surface area contributed by atoms with Gasteiger partial charge in [-0.2, -0.15) is 0 Å². The lowest BCUT2D eigenvalue weighted by Crippen LogP contribution is -2.39. The Morgan fingerprint density at radius 3 is 3.16 bits per heavy atom. The average molecular weight is 356 g/mol. The normalized spacial score (nSPS) is 18.6. The number of rotatable bonds is 5. The largest absolute Gasteiger partial charge is 0.371 e. The van der Waals surface area contributed by atoms with Crippen LogP contribution in [0, 0.1) is 0 Å². The molecule has 4 heterocycles. The first-order valence-electron chi connectivity index (χ1n) is 8.47. The Kier molecular flexibility index (Phi) is 4.87. The predicted molar refractivity (Wildman–Crippen MR) is 96.7 cm³/mol. The topological polar surface area (TPSA) is 59.7 Å². The first kappa shape index (κ1) is 16.4. The Hall–Kier alpha value is -2.09. The third-order valence-corrected chi connectivity index (χ3v) is 5.15. The molecule has 0 N–H and O–H groups in total. The van der Waals surface area contributed by atoms with Gasteiger partial charge in [0.1, 0.15) is 0 Å². The van der Waals surface area contributed by atoms with Gasteiger partial charge in [0, 0.05) is 36.9 Å². The van der Waals surface area contributed by atoms with Gasteiger partial charge in [0.05, 0.1) is 24.1 Å². The van der Waals surface area contributed by atoms with E-state index in [0.717, 1.165) is 42.3 Å². The molecular formula is C18H20N4O2S. The van der Waals surface area contributed by atoms with E-state index in [0.29, 0.717) is 13.2 Å². The van der Waals surface area contributed by atoms with Gasteiger partial charge in [-0.1, -0.05) is 6.07 Å². The number of ether oxygens (including phenoxy) is 1. The summed E-state index contributed by atoms with van der Waals surface area (Å²) in [5, 5.41) is 1.88. The molecule has 3 aromatic heterocycles. The van der Waals surface area contributed by atoms with E-state index in [1.807, 2.05) is 23.6 Å². The van der Waals surface area contributed by atoms with Crippen molar-refractivity contribution < 1.29 is 4.74 Å². The molecule has 7 heteroatoms. The van der Waals surface area contributed by atoms with Crippen LogP contribution in [-0.2, 0) is 17.9 Å². The van der Waals surface area contributed by atoms with Crippen LogP contribution in [0.15, 0.2) is 46.8 Å². The molecule has 1 saturated heterocycles. The number of likely N-dealkylation sites (tertiary alicyclic amines) is 1. The zero-order valence-electron chi connectivity index (χ0n) is 13.9. The molecule has 25 heavy (non-hydrogen) atoms. The van der Waals surface area contributed by atoms with Crippen molar-refractivity contribution in [2.75, 3.05) is 13.1 Å². The number of pyridine rings is 1. The lowest BCUT2D eigenvalue weighted by atomic mass is 10.1. The summed E-state index contributed by atoms with van der Waals surface area (Å²) in [5.74, 6) is 0. The van der Waals surface area contributed by atoms with Crippen molar-refractivity contribution in [2.24, 2.45) is 0 Å². The van der Waals surface area contributed by atoms with Gasteiger partial charge in [-0.05, 0) is 31.5 Å². The summed E-state index contributed by atoms with van der Waals surface area (Å²) in [7, 11) is 0. The number of aromatic nitrogens is 3. The molecule has 0 aromatic carbocycles. The Labute approximate surface area is 149 Å². The van der Waals surface area contributed by atoms with Gasteiger partial charge < -0.3 is 4.74 Å². The third-order valence-electron chi connectivity index (χ3n) is 4.40. The molecule has 1 fully saturated rings. The van der Waals surface area contributed by atoms with Gasteiger partial charge in [-0.3, -0.25) is 19.1 Å². The van der Waals surface area contributed by atoms with Crippen LogP contribution in [0.3, 0.4) is 0 Å². The molecule has 1 aliphatic rings. The SMILES string of the molecule is O=c1cc(CN2CCCC(OCc3ccccn3)C2)nc2sccn12. The van der Waals surface area contributed by atoms with E-state index in [1.165, 1.54) is 11.3 Å². The molecule has 0 saturated carbocycles. The van der Waals surface area contributed by atoms with Crippen LogP contribution in [0.4, 0.5) is 0 Å². The molecule has 0 aliphatic carbocycles. The van der Waals surface area contributed by atoms with Crippen LogP contribution < -0.4 is 5.56 Å². The van der Waals surface area contributed by atoms with E-state index in [4.69, 9.17) is 4.74 Å². The number of piperidine rings is 1. The second-order valence-corrected chi connectivity index (χ2v) is 7.15. The van der Waals surface area contributed by atoms with Gasteiger partial charge in [-0.25, -0.2) is 4.98 Å². The number of hydrogen-bond donors (Lipinski definition) is 0. The highest BCUT2D eigenvalue weighted by Crippen LogP contribution is 2.17. The molecule has 0 spiro atoms. The van der Waals surface area contributed by atoms with Gasteiger partial charge in [0.15, 0.2) is 4.96 Å². The monoisotopic (exact) mass is 356 g/mol. The summed E-state index contributed by atoms with van der Waals surface area (Å²) in [6, 6.07) is 7.50. The van der Waals surface area contributed by atoms with Crippen molar-refractivity contribution in [3.05, 3.63) is 63.8 Å². The maximum absolute atomic E-state index is 12.1. The van der Waals surface area contributed by atoms with Crippen molar-refractivity contribution in [1.82, 2.24) is 19.3 Å². The first-order valence-corrected chi connectivity index (χ1v) is 9.35. The van der Waals surface area contributed by atoms with Gasteiger partial charge in [0.2, 0.25) is 0 Å². The van der Waals surface area contributed by atoms with Crippen molar-refractivity contribution >= 4 is 16.3 Å². The smallest absolute Gasteiger partial charge is 0.258 e. The summed E-state index contributed by atoms with van der Waals surface area (Å²) >= 11 is 1.49. The molecule has 4 rings (SSSR count). The molecule has 1 atom stereocenters. The van der Waals surface area contributed by atoms with Crippen molar-refractivity contribution in [3.63, 3.8) is 0 Å². The van der Waals surface area contributed by atoms with Gasteiger partial charge in [0.25, 0.3) is 5.56 Å². The lowest BCUT2D eigenvalue weighted by Gasteiger charge is -2.32. The fourth-order valence-electron chi connectivity index (χ4n) is 3.18. The summed E-state index contributed by atoms with van der Waals surface area (Å²) < 4.78 is 7.62. The Bertz CT molecular complexity index is 893. The zero-order valence-corrected chi connectivity index (χ0v) is 14.7. The maximum Gasteiger partial charge on any atom is 0.258 e. The minimum absolute atomic E-state index is 0.0128. The van der Waals surface area contributed by atoms with Gasteiger partial charge >= 0.3 is 0 Å². The van der Waals surface area contributed by atoms with Crippen LogP contribution in [0.1, 0.15) is 24.2 Å². The van der Waals surface area contributed by atoms with E-state index < -0.39 is 0 Å². The highest BCUT2D eigenvalue weighted by atomic mass is 32.1. The summed E-state index contributed by atoms with van der Waals surface area (Å²) in [5.41, 5.74) is 1.77. The van der Waals surface area contributed by atoms with Crippen LogP contribution >= 0.6 is 11.3 Å². The van der Waals surface area contributed by atoms with E-state index in [2.05, 4.69) is 14.9 Å². The third kappa shape index (κ3) is 3.95. The highest BCUT2D eigenvalue weighted by molar-refractivity contribution is 7.15. The van der Waals surface area contributed by atoms with Crippen molar-refractivity contribution in [2.45, 2.75) is 32.1 Å². The molecule has 0 radical (unpaired) electrons. The fourth-order valence-corrected chi connectivity index (χ4v) is 3.92. The molecule has 130 valence electrons. The minimum atomic E-state index is -0.0128. The van der Waals surface area contributed by atoms with Crippen LogP contribution in [0.5, 0.6) is 0 Å². The number of hydrogen-bond acceptors (Lipinski definition) is 6. The van der Waals surface area contributed by atoms with E-state index >= 15 is 0 Å². The Morgan fingerprint density at radius 1 is 1.32 bits per heavy atom. The van der Waals surface area contributed by atoms with E-state index in [-0.39, 0.29) is 11.7 Å². The number of fused-ring (bicyclic) bond motifs is 1. The van der Waals surface area contributed by atoms with E-state index in [9.17, 15) is 4.79 Å². The Morgan fingerprint density at radius 2 is 2.28 bits per heavy atom. The number of thiazole rings is 1. The second-order valence-electron chi connectivity index (χ2n) is 6.27. The minimum Gasteiger partial charge on any atom is -0.371 e. The molecule has 0 amide bonds. The molecule has 1 aliphatic heterocycles. The molecule has 0 bridgehead atoms. The molecular weight excluding hydrogens is 336 g/mol. The second kappa shape index (κ2) is 7.43. The fraction of sp³-hybridized carbons (Fsp3) is 0.389. The van der Waals surface area contributed by atoms with Crippen molar-refractivity contribution in [1.29, 1.82) is 0 Å². The standard InChI is InChI=1S/C18H20N4O2S/c23-17-10-15(20-18-22(17)8-9-25-18)11-21-7-3-5-16(12-21)24-13-14-4-1-2-6-19-14/h1-2,4,6,8-10,16H,3,5,7,11-13H2. The predicted octanol–water partition coefficient (Wildman–Crippen LogP) is 2.33. The summed E-state index contributed by atoms with van der Waals surface area (Å²) in [6.45, 7) is 3.10. The van der Waals surface area contributed by atoms with Crippen molar-refractivity contribution in [3.8, 4) is 0 Å². The highest BCUT2D eigenvalue weighted by Gasteiger charge is 2.21. The zero-order chi connectivity index (χ0) is 17.1. The van der Waals surface area contributed by atoms with E-state index in [1.54, 1.807) is 22.9 Å². The lowest BCUT2D eigenvalue weighted by molar-refractivity contribution is -0.0135. The summed E-state index contributed by atoms with van der Waals surface area (Å²) in [4.78, 5) is 24.1. The first-order chi connectivity index (χ1) is 12.3. The average Bonchev–Trinajstić information content (AvgIpc) is 3.10. The van der Waals surface area contributed by atoms with Crippen LogP contribution in [0.2, 0.25) is 0 Å².